The second-order valence-corrected chi connectivity index (χ2v) is 4.56. The molecule has 1 rings (SSSR count). The van der Waals surface area contributed by atoms with Crippen LogP contribution in [0.3, 0.4) is 0 Å². The SMILES string of the molecule is C=COC=C.C=Cc1ccc(Br)cc1Br.OCCO. The van der Waals surface area contributed by atoms with E-state index in [-0.39, 0.29) is 13.2 Å². The number of rotatable bonds is 4. The third-order valence-electron chi connectivity index (χ3n) is 1.47. The van der Waals surface area contributed by atoms with Gasteiger partial charge in [-0.25, -0.2) is 0 Å². The predicted octanol–water partition coefficient (Wildman–Crippen LogP) is 4.12. The predicted molar refractivity (Wildman–Crippen MR) is 87.6 cm³/mol. The number of hydrogen-bond donors (Lipinski definition) is 2. The first-order valence-corrected chi connectivity index (χ1v) is 6.82. The van der Waals surface area contributed by atoms with E-state index in [4.69, 9.17) is 10.2 Å². The maximum Gasteiger partial charge on any atom is 0.0829 e. The Bertz CT molecular complexity index is 371. The minimum absolute atomic E-state index is 0.125. The summed E-state index contributed by atoms with van der Waals surface area (Å²) in [6, 6.07) is 5.99. The van der Waals surface area contributed by atoms with E-state index in [0.29, 0.717) is 0 Å². The summed E-state index contributed by atoms with van der Waals surface area (Å²) in [6.07, 6.45) is 4.44. The molecule has 0 saturated heterocycles. The summed E-state index contributed by atoms with van der Waals surface area (Å²) in [6.45, 7) is 9.94. The third kappa shape index (κ3) is 13.4. The Morgan fingerprint density at radius 3 is 1.84 bits per heavy atom. The minimum Gasteiger partial charge on any atom is -0.474 e. The fourth-order valence-electron chi connectivity index (χ4n) is 0.735. The van der Waals surface area contributed by atoms with Gasteiger partial charge in [0, 0.05) is 8.95 Å². The first kappa shape index (κ1) is 20.4. The Balaban J connectivity index is 0. The fourth-order valence-corrected chi connectivity index (χ4v) is 1.94. The van der Waals surface area contributed by atoms with E-state index in [1.54, 1.807) is 0 Å². The van der Waals surface area contributed by atoms with E-state index in [0.717, 1.165) is 14.5 Å². The molecule has 0 aliphatic rings. The molecular formula is C14H18Br2O3. The van der Waals surface area contributed by atoms with Gasteiger partial charge in [-0.15, -0.1) is 0 Å². The Morgan fingerprint density at radius 2 is 1.58 bits per heavy atom. The van der Waals surface area contributed by atoms with Crippen LogP contribution >= 0.6 is 31.9 Å². The lowest BCUT2D eigenvalue weighted by atomic mass is 10.2. The van der Waals surface area contributed by atoms with Crippen molar-refractivity contribution in [3.63, 3.8) is 0 Å². The highest BCUT2D eigenvalue weighted by atomic mass is 79.9. The van der Waals surface area contributed by atoms with Gasteiger partial charge in [-0.2, -0.15) is 0 Å². The van der Waals surface area contributed by atoms with E-state index < -0.39 is 0 Å². The van der Waals surface area contributed by atoms with Crippen molar-refractivity contribution in [1.29, 1.82) is 0 Å². The topological polar surface area (TPSA) is 49.7 Å². The van der Waals surface area contributed by atoms with Crippen molar-refractivity contribution in [2.24, 2.45) is 0 Å². The number of ether oxygens (including phenoxy) is 1. The first-order valence-electron chi connectivity index (χ1n) is 5.23. The molecule has 19 heavy (non-hydrogen) atoms. The Morgan fingerprint density at radius 1 is 1.05 bits per heavy atom. The fraction of sp³-hybridized carbons (Fsp3) is 0.143. The van der Waals surface area contributed by atoms with Gasteiger partial charge in [-0.1, -0.05) is 63.7 Å². The van der Waals surface area contributed by atoms with Gasteiger partial charge in [-0.3, -0.25) is 0 Å². The van der Waals surface area contributed by atoms with Crippen LogP contribution in [0.4, 0.5) is 0 Å². The van der Waals surface area contributed by atoms with Crippen molar-refractivity contribution in [2.75, 3.05) is 13.2 Å². The average Bonchev–Trinajstić information content (AvgIpc) is 2.41. The minimum atomic E-state index is -0.125. The molecule has 0 amide bonds. The largest absolute Gasteiger partial charge is 0.474 e. The zero-order chi connectivity index (χ0) is 15.1. The van der Waals surface area contributed by atoms with Crippen molar-refractivity contribution < 1.29 is 14.9 Å². The molecule has 0 saturated carbocycles. The number of halogens is 2. The molecule has 0 unspecified atom stereocenters. The molecule has 5 heteroatoms. The van der Waals surface area contributed by atoms with Crippen molar-refractivity contribution in [2.45, 2.75) is 0 Å². The molecule has 0 bridgehead atoms. The molecule has 0 fully saturated rings. The number of hydrogen-bond acceptors (Lipinski definition) is 3. The summed E-state index contributed by atoms with van der Waals surface area (Å²) in [5.74, 6) is 0. The van der Waals surface area contributed by atoms with E-state index >= 15 is 0 Å². The van der Waals surface area contributed by atoms with E-state index in [9.17, 15) is 0 Å². The van der Waals surface area contributed by atoms with Crippen LogP contribution in [0, 0.1) is 0 Å². The standard InChI is InChI=1S/C8H6Br2.C4H6O.C2H6O2/c1-2-6-3-4-7(9)5-8(6)10;1-3-5-4-2;3-1-2-4/h2-5H,1H2;3-4H,1-2H2;3-4H,1-2H2. The molecule has 0 atom stereocenters. The van der Waals surface area contributed by atoms with Crippen LogP contribution < -0.4 is 0 Å². The zero-order valence-corrected chi connectivity index (χ0v) is 13.7. The summed E-state index contributed by atoms with van der Waals surface area (Å²) in [5, 5.41) is 15.2. The van der Waals surface area contributed by atoms with E-state index in [1.807, 2.05) is 24.3 Å². The van der Waals surface area contributed by atoms with Gasteiger partial charge in [0.2, 0.25) is 0 Å². The molecule has 2 N–H and O–H groups in total. The second-order valence-electron chi connectivity index (χ2n) is 2.79. The lowest BCUT2D eigenvalue weighted by Crippen LogP contribution is -1.85. The molecular weight excluding hydrogens is 376 g/mol. The smallest absolute Gasteiger partial charge is 0.0829 e. The highest BCUT2D eigenvalue weighted by Gasteiger charge is 1.94. The molecule has 0 aromatic heterocycles. The van der Waals surface area contributed by atoms with Crippen LogP contribution in [-0.2, 0) is 4.74 Å². The van der Waals surface area contributed by atoms with Gasteiger partial charge in [0.25, 0.3) is 0 Å². The summed E-state index contributed by atoms with van der Waals surface area (Å²) in [5.41, 5.74) is 1.11. The number of aliphatic hydroxyl groups excluding tert-OH is 2. The first-order chi connectivity index (χ1) is 9.06. The van der Waals surface area contributed by atoms with Gasteiger partial charge >= 0.3 is 0 Å². The maximum absolute atomic E-state index is 7.62. The van der Waals surface area contributed by atoms with Crippen molar-refractivity contribution in [3.05, 3.63) is 65.0 Å². The lowest BCUT2D eigenvalue weighted by molar-refractivity contribution is 0.186. The summed E-state index contributed by atoms with van der Waals surface area (Å²) in [7, 11) is 0. The van der Waals surface area contributed by atoms with Gasteiger partial charge in [0.1, 0.15) is 0 Å². The molecule has 1 aromatic rings. The summed E-state index contributed by atoms with van der Waals surface area (Å²) in [4.78, 5) is 0. The Hall–Kier alpha value is -0.880. The van der Waals surface area contributed by atoms with Gasteiger partial charge in [0.05, 0.1) is 25.7 Å². The Kier molecular flexibility index (Phi) is 16.3. The van der Waals surface area contributed by atoms with Crippen molar-refractivity contribution >= 4 is 37.9 Å². The van der Waals surface area contributed by atoms with Gasteiger partial charge in [0.15, 0.2) is 0 Å². The molecule has 1 aromatic carbocycles. The molecule has 3 nitrogen and oxygen atoms in total. The van der Waals surface area contributed by atoms with E-state index in [2.05, 4.69) is 56.3 Å². The Labute approximate surface area is 131 Å². The molecule has 106 valence electrons. The van der Waals surface area contributed by atoms with Crippen molar-refractivity contribution in [3.8, 4) is 0 Å². The number of benzene rings is 1. The van der Waals surface area contributed by atoms with Crippen LogP contribution in [-0.4, -0.2) is 23.4 Å². The van der Waals surface area contributed by atoms with Crippen molar-refractivity contribution in [1.82, 2.24) is 0 Å². The second kappa shape index (κ2) is 15.2. The summed E-state index contributed by atoms with van der Waals surface area (Å²) < 4.78 is 6.50. The van der Waals surface area contributed by atoms with Crippen LogP contribution in [0.15, 0.2) is 59.4 Å². The van der Waals surface area contributed by atoms with Gasteiger partial charge < -0.3 is 14.9 Å². The maximum atomic E-state index is 7.62. The monoisotopic (exact) mass is 392 g/mol. The van der Waals surface area contributed by atoms with Gasteiger partial charge in [-0.05, 0) is 17.7 Å². The zero-order valence-electron chi connectivity index (χ0n) is 10.6. The molecule has 0 heterocycles. The highest BCUT2D eigenvalue weighted by Crippen LogP contribution is 2.22. The third-order valence-corrected chi connectivity index (χ3v) is 2.65. The van der Waals surface area contributed by atoms with E-state index in [1.165, 1.54) is 12.5 Å². The van der Waals surface area contributed by atoms with Crippen LogP contribution in [0.5, 0.6) is 0 Å². The quantitative estimate of drug-likeness (QED) is 0.756. The lowest BCUT2D eigenvalue weighted by Gasteiger charge is -1.96. The molecule has 0 spiro atoms. The normalized spacial score (nSPS) is 8.00. The molecule has 0 radical (unpaired) electrons. The molecule has 0 aliphatic carbocycles. The van der Waals surface area contributed by atoms with Crippen LogP contribution in [0.1, 0.15) is 5.56 Å². The molecule has 0 aliphatic heterocycles. The summed E-state index contributed by atoms with van der Waals surface area (Å²) >= 11 is 6.77. The highest BCUT2D eigenvalue weighted by molar-refractivity contribution is 9.11. The number of aliphatic hydroxyl groups is 2. The van der Waals surface area contributed by atoms with Crippen LogP contribution in [0.25, 0.3) is 6.08 Å². The van der Waals surface area contributed by atoms with Crippen LogP contribution in [0.2, 0.25) is 0 Å². The average molecular weight is 394 g/mol.